The number of benzene rings is 1. The number of nitrogens with zero attached hydrogens (tertiary/aromatic N) is 2. The van der Waals surface area contributed by atoms with Crippen LogP contribution in [0.1, 0.15) is 17.3 Å². The van der Waals surface area contributed by atoms with Crippen molar-refractivity contribution in [1.82, 2.24) is 15.2 Å². The molecule has 1 aliphatic heterocycles. The molecule has 7 heteroatoms. The highest BCUT2D eigenvalue weighted by Gasteiger charge is 2.30. The number of nitrogens with one attached hydrogen (secondary N) is 1. The molecule has 1 atom stereocenters. The van der Waals surface area contributed by atoms with Crippen LogP contribution >= 0.6 is 11.3 Å². The van der Waals surface area contributed by atoms with Gasteiger partial charge >= 0.3 is 0 Å². The number of rotatable bonds is 5. The Morgan fingerprint density at radius 3 is 3.07 bits per heavy atom. The van der Waals surface area contributed by atoms with Gasteiger partial charge in [-0.15, -0.1) is 11.3 Å². The van der Waals surface area contributed by atoms with E-state index in [-0.39, 0.29) is 18.4 Å². The zero-order chi connectivity index (χ0) is 18.6. The maximum absolute atomic E-state index is 13.0. The Morgan fingerprint density at radius 1 is 1.37 bits per heavy atom. The van der Waals surface area contributed by atoms with Gasteiger partial charge in [-0.3, -0.25) is 4.79 Å². The van der Waals surface area contributed by atoms with Crippen LogP contribution in [0.3, 0.4) is 0 Å². The van der Waals surface area contributed by atoms with Gasteiger partial charge in [0.25, 0.3) is 0 Å². The first-order chi connectivity index (χ1) is 13.3. The Bertz CT molecular complexity index is 907. The molecule has 0 spiro atoms. The van der Waals surface area contributed by atoms with Gasteiger partial charge in [0, 0.05) is 25.2 Å². The highest BCUT2D eigenvalue weighted by Crippen LogP contribution is 2.31. The number of oxazole rings is 1. The van der Waals surface area contributed by atoms with Gasteiger partial charge in [-0.2, -0.15) is 0 Å². The molecule has 27 heavy (non-hydrogen) atoms. The Labute approximate surface area is 161 Å². The zero-order valence-corrected chi connectivity index (χ0v) is 15.9. The number of ether oxygens (including phenoxy) is 1. The number of thiophene rings is 1. The monoisotopic (exact) mass is 383 g/mol. The quantitative estimate of drug-likeness (QED) is 0.733. The van der Waals surface area contributed by atoms with E-state index in [1.807, 2.05) is 46.7 Å². The van der Waals surface area contributed by atoms with Gasteiger partial charge in [0.1, 0.15) is 12.0 Å². The largest absolute Gasteiger partial charge is 0.496 e. The number of hydrogen-bond donors (Lipinski definition) is 1. The van der Waals surface area contributed by atoms with Crippen molar-refractivity contribution in [3.63, 3.8) is 0 Å². The van der Waals surface area contributed by atoms with Crippen LogP contribution in [0.25, 0.3) is 10.8 Å². The van der Waals surface area contributed by atoms with E-state index in [9.17, 15) is 4.79 Å². The third-order valence-electron chi connectivity index (χ3n) is 4.68. The van der Waals surface area contributed by atoms with Gasteiger partial charge in [-0.25, -0.2) is 4.98 Å². The summed E-state index contributed by atoms with van der Waals surface area (Å²) < 4.78 is 11.0. The van der Waals surface area contributed by atoms with Crippen molar-refractivity contribution in [3.8, 4) is 16.5 Å². The second kappa shape index (κ2) is 7.94. The fourth-order valence-corrected chi connectivity index (χ4v) is 4.04. The molecule has 1 aliphatic rings. The molecule has 4 rings (SSSR count). The number of aromatic nitrogens is 1. The van der Waals surface area contributed by atoms with Gasteiger partial charge in [-0.1, -0.05) is 24.3 Å². The number of carbonyl (C=O) groups excluding carboxylic acids is 1. The lowest BCUT2D eigenvalue weighted by Crippen LogP contribution is -2.49. The van der Waals surface area contributed by atoms with Crippen LogP contribution < -0.4 is 10.1 Å². The summed E-state index contributed by atoms with van der Waals surface area (Å²) >= 11 is 1.56. The van der Waals surface area contributed by atoms with Crippen LogP contribution in [0.5, 0.6) is 5.75 Å². The molecular formula is C20H21N3O3S. The molecule has 1 N–H and O–H groups in total. The van der Waals surface area contributed by atoms with E-state index in [0.29, 0.717) is 24.7 Å². The number of hydrogen-bond acceptors (Lipinski definition) is 6. The Balaban J connectivity index is 1.53. The molecular weight excluding hydrogens is 362 g/mol. The van der Waals surface area contributed by atoms with E-state index in [2.05, 4.69) is 10.3 Å². The van der Waals surface area contributed by atoms with E-state index in [0.717, 1.165) is 22.7 Å². The summed E-state index contributed by atoms with van der Waals surface area (Å²) in [5, 5.41) is 5.35. The number of amides is 1. The first-order valence-electron chi connectivity index (χ1n) is 8.87. The number of carbonyl (C=O) groups is 1. The van der Waals surface area contributed by atoms with Gasteiger partial charge in [0.05, 0.1) is 30.1 Å². The predicted octanol–water partition coefficient (Wildman–Crippen LogP) is 3.13. The van der Waals surface area contributed by atoms with Crippen molar-refractivity contribution >= 4 is 17.2 Å². The smallest absolute Gasteiger partial charge is 0.236 e. The molecule has 2 aromatic heterocycles. The van der Waals surface area contributed by atoms with Crippen LogP contribution in [0.4, 0.5) is 0 Å². The SMILES string of the molecule is COc1ccccc1C1CNCCN1C(=O)Cc1coc(-c2cccs2)n1. The summed E-state index contributed by atoms with van der Waals surface area (Å²) in [6.45, 7) is 2.12. The first-order valence-corrected chi connectivity index (χ1v) is 9.75. The van der Waals surface area contributed by atoms with Gasteiger partial charge < -0.3 is 19.4 Å². The van der Waals surface area contributed by atoms with Gasteiger partial charge in [-0.05, 0) is 17.5 Å². The number of para-hydroxylation sites is 1. The Hall–Kier alpha value is -2.64. The normalized spacial score (nSPS) is 17.1. The maximum atomic E-state index is 13.0. The second-order valence-corrected chi connectivity index (χ2v) is 7.29. The molecule has 1 amide bonds. The third-order valence-corrected chi connectivity index (χ3v) is 5.54. The molecule has 0 bridgehead atoms. The average molecular weight is 383 g/mol. The molecule has 0 aliphatic carbocycles. The average Bonchev–Trinajstić information content (AvgIpc) is 3.39. The van der Waals surface area contributed by atoms with E-state index >= 15 is 0 Å². The molecule has 1 unspecified atom stereocenters. The van der Waals surface area contributed by atoms with Crippen molar-refractivity contribution < 1.29 is 13.9 Å². The summed E-state index contributed by atoms with van der Waals surface area (Å²) in [5.41, 5.74) is 1.67. The molecule has 6 nitrogen and oxygen atoms in total. The van der Waals surface area contributed by atoms with Crippen molar-refractivity contribution in [1.29, 1.82) is 0 Å². The van der Waals surface area contributed by atoms with E-state index < -0.39 is 0 Å². The lowest BCUT2D eigenvalue weighted by Gasteiger charge is -2.37. The van der Waals surface area contributed by atoms with Crippen LogP contribution in [0.15, 0.2) is 52.5 Å². The lowest BCUT2D eigenvalue weighted by molar-refractivity contribution is -0.133. The van der Waals surface area contributed by atoms with Gasteiger partial charge in [0.2, 0.25) is 11.8 Å². The van der Waals surface area contributed by atoms with Crippen LogP contribution in [0, 0.1) is 0 Å². The second-order valence-electron chi connectivity index (χ2n) is 6.35. The Kier molecular flexibility index (Phi) is 5.22. The predicted molar refractivity (Wildman–Crippen MR) is 104 cm³/mol. The maximum Gasteiger partial charge on any atom is 0.236 e. The van der Waals surface area contributed by atoms with Crippen LogP contribution in [-0.2, 0) is 11.2 Å². The van der Waals surface area contributed by atoms with E-state index in [1.54, 1.807) is 24.7 Å². The minimum atomic E-state index is -0.0638. The summed E-state index contributed by atoms with van der Waals surface area (Å²) in [4.78, 5) is 20.4. The summed E-state index contributed by atoms with van der Waals surface area (Å²) in [6, 6.07) is 11.7. The minimum Gasteiger partial charge on any atom is -0.496 e. The van der Waals surface area contributed by atoms with Crippen molar-refractivity contribution in [2.24, 2.45) is 0 Å². The topological polar surface area (TPSA) is 67.6 Å². The molecule has 1 saturated heterocycles. The lowest BCUT2D eigenvalue weighted by atomic mass is 10.0. The van der Waals surface area contributed by atoms with E-state index in [1.165, 1.54) is 0 Å². The molecule has 3 heterocycles. The highest BCUT2D eigenvalue weighted by molar-refractivity contribution is 7.13. The van der Waals surface area contributed by atoms with E-state index in [4.69, 9.17) is 9.15 Å². The molecule has 0 saturated carbocycles. The molecule has 140 valence electrons. The molecule has 0 radical (unpaired) electrons. The fraction of sp³-hybridized carbons (Fsp3) is 0.300. The fourth-order valence-electron chi connectivity index (χ4n) is 3.38. The number of methoxy groups -OCH3 is 1. The van der Waals surface area contributed by atoms with Crippen LogP contribution in [0.2, 0.25) is 0 Å². The summed E-state index contributed by atoms with van der Waals surface area (Å²) in [7, 11) is 1.66. The standard InChI is InChI=1S/C20H21N3O3S/c1-25-17-6-3-2-5-15(17)16-12-21-8-9-23(16)19(24)11-14-13-26-20(22-14)18-7-4-10-27-18/h2-7,10,13,16,21H,8-9,11-12H2,1H3. The van der Waals surface area contributed by atoms with Crippen molar-refractivity contribution in [3.05, 3.63) is 59.3 Å². The summed E-state index contributed by atoms with van der Waals surface area (Å²) in [5.74, 6) is 1.40. The van der Waals surface area contributed by atoms with Crippen molar-refractivity contribution in [2.75, 3.05) is 26.7 Å². The minimum absolute atomic E-state index is 0.0402. The number of piperazine rings is 1. The zero-order valence-electron chi connectivity index (χ0n) is 15.1. The van der Waals surface area contributed by atoms with Crippen LogP contribution in [-0.4, -0.2) is 42.5 Å². The van der Waals surface area contributed by atoms with Crippen molar-refractivity contribution in [2.45, 2.75) is 12.5 Å². The Morgan fingerprint density at radius 2 is 2.26 bits per heavy atom. The molecule has 3 aromatic rings. The van der Waals surface area contributed by atoms with Gasteiger partial charge in [0.15, 0.2) is 0 Å². The first kappa shape index (κ1) is 17.8. The third kappa shape index (κ3) is 3.74. The summed E-state index contributed by atoms with van der Waals surface area (Å²) in [6.07, 6.45) is 1.80. The molecule has 1 fully saturated rings. The molecule has 1 aromatic carbocycles. The highest BCUT2D eigenvalue weighted by atomic mass is 32.1.